The molecular formula is C36H50BrN3O8. The van der Waals surface area contributed by atoms with Crippen LogP contribution in [-0.4, -0.2) is 106 Å². The fourth-order valence-electron chi connectivity index (χ4n) is 7.66. The first-order chi connectivity index (χ1) is 23.0. The Bertz CT molecular complexity index is 1330. The average Bonchev–Trinajstić information content (AvgIpc) is 3.67. The third-order valence-corrected chi connectivity index (χ3v) is 10.7. The van der Waals surface area contributed by atoms with Crippen LogP contribution in [-0.2, 0) is 33.4 Å². The first-order valence-electron chi connectivity index (χ1n) is 16.8. The Morgan fingerprint density at radius 1 is 1.23 bits per heavy atom. The smallest absolute Gasteiger partial charge is 0.313 e. The standard InChI is InChI=1S/C36H50BrN3O8/c1-7-10-17-27(42)38-26(21-46-6)30(24-15-12-11-13-16-24)47-35(45)28-29-33(43)40(23(5)20-41)32(36(29)19-25(37)31(28)48-36)34(44)39(18-9-3)22(4)14-8-2/h7,9,11-13,15-16,22-23,25-26,28-32,41H,1,3,8,10,14,17-21H2,2,4-6H3,(H,38,42)/t22?,23-,25?,26-,28+,29-,30-,31+,32+,36-/m1/s1. The van der Waals surface area contributed by atoms with Crippen LogP contribution < -0.4 is 5.32 Å². The molecule has 264 valence electrons. The molecule has 48 heavy (non-hydrogen) atoms. The molecule has 3 heterocycles. The van der Waals surface area contributed by atoms with E-state index in [1.165, 1.54) is 12.0 Å². The fraction of sp³-hybridized carbons (Fsp3) is 0.611. The summed E-state index contributed by atoms with van der Waals surface area (Å²) in [6.45, 7) is 13.2. The van der Waals surface area contributed by atoms with Crippen LogP contribution in [0.2, 0.25) is 0 Å². The molecule has 10 atom stereocenters. The summed E-state index contributed by atoms with van der Waals surface area (Å²) in [6, 6.07) is 6.41. The van der Waals surface area contributed by atoms with Crippen molar-refractivity contribution in [3.63, 3.8) is 0 Å². The molecule has 3 fully saturated rings. The normalized spacial score (nSPS) is 28.2. The number of hydrogen-bond acceptors (Lipinski definition) is 8. The number of hydrogen-bond donors (Lipinski definition) is 2. The van der Waals surface area contributed by atoms with Gasteiger partial charge in [-0.15, -0.1) is 13.2 Å². The minimum absolute atomic E-state index is 0.0537. The summed E-state index contributed by atoms with van der Waals surface area (Å²) >= 11 is 3.71. The minimum atomic E-state index is -1.32. The van der Waals surface area contributed by atoms with Gasteiger partial charge in [0.25, 0.3) is 0 Å². The molecule has 1 aromatic rings. The highest BCUT2D eigenvalue weighted by molar-refractivity contribution is 9.09. The van der Waals surface area contributed by atoms with Crippen LogP contribution >= 0.6 is 15.9 Å². The van der Waals surface area contributed by atoms with E-state index >= 15 is 0 Å². The van der Waals surface area contributed by atoms with Gasteiger partial charge in [-0.1, -0.05) is 71.8 Å². The molecule has 3 aliphatic rings. The van der Waals surface area contributed by atoms with Crippen LogP contribution in [0.1, 0.15) is 64.5 Å². The van der Waals surface area contributed by atoms with E-state index in [0.29, 0.717) is 18.4 Å². The van der Waals surface area contributed by atoms with Crippen LogP contribution in [0.25, 0.3) is 0 Å². The number of nitrogens with zero attached hydrogens (tertiary/aromatic N) is 2. The topological polar surface area (TPSA) is 135 Å². The number of benzene rings is 1. The zero-order valence-electron chi connectivity index (χ0n) is 28.4. The number of carbonyl (C=O) groups excluding carboxylic acids is 4. The number of allylic oxidation sites excluding steroid dienone is 1. The number of carbonyl (C=O) groups is 4. The van der Waals surface area contributed by atoms with Crippen molar-refractivity contribution in [1.29, 1.82) is 0 Å². The van der Waals surface area contributed by atoms with Gasteiger partial charge in [-0.3, -0.25) is 19.2 Å². The van der Waals surface area contributed by atoms with E-state index in [4.69, 9.17) is 14.2 Å². The number of likely N-dealkylation sites (tertiary alicyclic amines) is 1. The Morgan fingerprint density at radius 3 is 2.54 bits per heavy atom. The number of aliphatic hydroxyl groups is 1. The molecule has 1 aromatic carbocycles. The summed E-state index contributed by atoms with van der Waals surface area (Å²) in [5.41, 5.74) is -0.684. The van der Waals surface area contributed by atoms with Crippen molar-refractivity contribution in [3.05, 3.63) is 61.2 Å². The van der Waals surface area contributed by atoms with E-state index in [0.717, 1.165) is 12.8 Å². The van der Waals surface area contributed by atoms with Crippen molar-refractivity contribution < 1.29 is 38.5 Å². The van der Waals surface area contributed by atoms with Crippen LogP contribution in [0.4, 0.5) is 0 Å². The number of amides is 3. The number of halogens is 1. The highest BCUT2D eigenvalue weighted by Gasteiger charge is 2.77. The summed E-state index contributed by atoms with van der Waals surface area (Å²) in [5.74, 6) is -3.72. The Labute approximate surface area is 292 Å². The zero-order chi connectivity index (χ0) is 35.2. The zero-order valence-corrected chi connectivity index (χ0v) is 30.0. The van der Waals surface area contributed by atoms with Gasteiger partial charge in [-0.2, -0.15) is 0 Å². The van der Waals surface area contributed by atoms with E-state index in [-0.39, 0.29) is 48.9 Å². The predicted octanol–water partition coefficient (Wildman–Crippen LogP) is 3.70. The molecule has 3 saturated heterocycles. The maximum Gasteiger partial charge on any atom is 0.313 e. The van der Waals surface area contributed by atoms with Gasteiger partial charge in [-0.25, -0.2) is 0 Å². The number of alkyl halides is 1. The van der Waals surface area contributed by atoms with Crippen molar-refractivity contribution in [2.45, 2.75) is 99.7 Å². The molecule has 1 spiro atoms. The molecule has 2 N–H and O–H groups in total. The summed E-state index contributed by atoms with van der Waals surface area (Å²) in [4.78, 5) is 59.1. The molecule has 3 amide bonds. The molecule has 0 aromatic heterocycles. The lowest BCUT2D eigenvalue weighted by atomic mass is 9.70. The number of esters is 1. The highest BCUT2D eigenvalue weighted by atomic mass is 79.9. The highest BCUT2D eigenvalue weighted by Crippen LogP contribution is 2.61. The average molecular weight is 733 g/mol. The van der Waals surface area contributed by atoms with E-state index < -0.39 is 59.6 Å². The molecular weight excluding hydrogens is 682 g/mol. The van der Waals surface area contributed by atoms with Crippen LogP contribution in [0.3, 0.4) is 0 Å². The number of aliphatic hydroxyl groups excluding tert-OH is 1. The Balaban J connectivity index is 1.73. The maximum atomic E-state index is 14.6. The monoisotopic (exact) mass is 731 g/mol. The quantitative estimate of drug-likeness (QED) is 0.133. The number of rotatable bonds is 18. The van der Waals surface area contributed by atoms with Gasteiger partial charge in [0.1, 0.15) is 17.7 Å². The van der Waals surface area contributed by atoms with Gasteiger partial charge < -0.3 is 34.4 Å². The van der Waals surface area contributed by atoms with Crippen molar-refractivity contribution in [3.8, 4) is 0 Å². The summed E-state index contributed by atoms with van der Waals surface area (Å²) < 4.78 is 18.4. The number of nitrogens with one attached hydrogen (secondary N) is 1. The number of methoxy groups -OCH3 is 1. The summed E-state index contributed by atoms with van der Waals surface area (Å²) in [7, 11) is 1.50. The first-order valence-corrected chi connectivity index (χ1v) is 17.7. The van der Waals surface area contributed by atoms with Crippen molar-refractivity contribution in [1.82, 2.24) is 15.1 Å². The van der Waals surface area contributed by atoms with Crippen LogP contribution in [0.15, 0.2) is 55.6 Å². The molecule has 2 unspecified atom stereocenters. The molecule has 3 aliphatic heterocycles. The molecule has 2 bridgehead atoms. The maximum absolute atomic E-state index is 14.6. The predicted molar refractivity (Wildman–Crippen MR) is 184 cm³/mol. The van der Waals surface area contributed by atoms with E-state index in [1.54, 1.807) is 36.1 Å². The lowest BCUT2D eigenvalue weighted by molar-refractivity contribution is -0.163. The molecule has 4 rings (SSSR count). The third kappa shape index (κ3) is 7.27. The second-order valence-corrected chi connectivity index (χ2v) is 14.3. The Hall–Kier alpha value is -3.06. The molecule has 0 radical (unpaired) electrons. The molecule has 0 saturated carbocycles. The lowest BCUT2D eigenvalue weighted by Gasteiger charge is -2.40. The van der Waals surface area contributed by atoms with E-state index in [2.05, 4.69) is 34.4 Å². The van der Waals surface area contributed by atoms with Gasteiger partial charge in [0.15, 0.2) is 0 Å². The summed E-state index contributed by atoms with van der Waals surface area (Å²) in [6.07, 6.45) is 4.23. The van der Waals surface area contributed by atoms with Gasteiger partial charge >= 0.3 is 5.97 Å². The minimum Gasteiger partial charge on any atom is -0.455 e. The van der Waals surface area contributed by atoms with Gasteiger partial charge in [0.2, 0.25) is 17.7 Å². The summed E-state index contributed by atoms with van der Waals surface area (Å²) in [5, 5.41) is 13.2. The second-order valence-electron chi connectivity index (χ2n) is 13.1. The molecule has 0 aliphatic carbocycles. The van der Waals surface area contributed by atoms with Crippen molar-refractivity contribution in [2.75, 3.05) is 26.9 Å². The number of fused-ring (bicyclic) bond motifs is 1. The second kappa shape index (κ2) is 16.6. The SMILES string of the molecule is C=CCCC(=O)N[C@H](COC)[C@H](OC(=O)[C@@H]1[C@H]2O[C@@]3(CC2Br)[C@H](C(=O)N(CC=C)C(C)CCC)N([C@H](C)CO)C(=O)[C@@H]13)c1ccccc1. The lowest BCUT2D eigenvalue weighted by Crippen LogP contribution is -2.59. The largest absolute Gasteiger partial charge is 0.455 e. The van der Waals surface area contributed by atoms with Gasteiger partial charge in [0.05, 0.1) is 43.2 Å². The fourth-order valence-corrected chi connectivity index (χ4v) is 8.60. The van der Waals surface area contributed by atoms with Gasteiger partial charge in [-0.05, 0) is 38.7 Å². The third-order valence-electron chi connectivity index (χ3n) is 9.82. The van der Waals surface area contributed by atoms with Crippen LogP contribution in [0.5, 0.6) is 0 Å². The van der Waals surface area contributed by atoms with E-state index in [9.17, 15) is 24.3 Å². The molecule has 11 nitrogen and oxygen atoms in total. The van der Waals surface area contributed by atoms with Gasteiger partial charge in [0, 0.05) is 30.9 Å². The molecule has 12 heteroatoms. The van der Waals surface area contributed by atoms with Crippen molar-refractivity contribution in [2.24, 2.45) is 11.8 Å². The van der Waals surface area contributed by atoms with E-state index in [1.807, 2.05) is 32.0 Å². The Kier molecular flexibility index (Phi) is 13.0. The first kappa shape index (κ1) is 37.8. The van der Waals surface area contributed by atoms with Crippen molar-refractivity contribution >= 4 is 39.6 Å². The van der Waals surface area contributed by atoms with Crippen LogP contribution in [0, 0.1) is 11.8 Å². The Morgan fingerprint density at radius 2 is 1.94 bits per heavy atom. The number of ether oxygens (including phenoxy) is 3.